The fourth-order valence-electron chi connectivity index (χ4n) is 4.54. The van der Waals surface area contributed by atoms with Gasteiger partial charge in [-0.15, -0.1) is 0 Å². The molecule has 8 nitrogen and oxygen atoms in total. The summed E-state index contributed by atoms with van der Waals surface area (Å²) >= 11 is 0. The molecule has 6 fully saturated rings. The van der Waals surface area contributed by atoms with Crippen LogP contribution in [0.25, 0.3) is 0 Å². The van der Waals surface area contributed by atoms with Crippen LogP contribution in [0.4, 0.5) is 0 Å². The average Bonchev–Trinajstić information content (AvgIpc) is 3.12. The van der Waals surface area contributed by atoms with Crippen LogP contribution in [0.15, 0.2) is 0 Å². The predicted molar refractivity (Wildman–Crippen MR) is 49.3 cm³/mol. The van der Waals surface area contributed by atoms with E-state index in [9.17, 15) is 4.79 Å². The first-order valence-electron chi connectivity index (χ1n) is 6.47. The summed E-state index contributed by atoms with van der Waals surface area (Å²) < 4.78 is 17.1. The van der Waals surface area contributed by atoms with Crippen LogP contribution in [0, 0.1) is 23.7 Å². The van der Waals surface area contributed by atoms with Gasteiger partial charge in [0.25, 0.3) is 0 Å². The molecule has 0 spiro atoms. The number of rotatable bonds is 0. The van der Waals surface area contributed by atoms with Crippen molar-refractivity contribution in [3.8, 4) is 0 Å². The van der Waals surface area contributed by atoms with E-state index in [-0.39, 0.29) is 41.7 Å². The van der Waals surface area contributed by atoms with E-state index in [1.807, 2.05) is 0 Å². The van der Waals surface area contributed by atoms with E-state index in [0.717, 1.165) is 0 Å². The lowest BCUT2D eigenvalue weighted by molar-refractivity contribution is -0.317. The molecule has 1 saturated carbocycles. The highest BCUT2D eigenvalue weighted by molar-refractivity contribution is 5.88. The lowest BCUT2D eigenvalue weighted by Crippen LogP contribution is -2.47. The van der Waals surface area contributed by atoms with Crippen LogP contribution >= 0.6 is 0 Å². The standard InChI is InChI=1S/C11H10O8/c12-5-3-1-2-4(5)9-15-11(19-17-9)7(2)13-6(1)10-14-8(3)16-18-10/h1-4,6-11H/t1-,2+,3-,4+,6-,7+,8-,9+,10+,11-. The summed E-state index contributed by atoms with van der Waals surface area (Å²) in [4.78, 5) is 33.1. The molecule has 5 aliphatic heterocycles. The van der Waals surface area contributed by atoms with E-state index in [2.05, 4.69) is 0 Å². The largest absolute Gasteiger partial charge is 0.364 e. The van der Waals surface area contributed by atoms with Crippen molar-refractivity contribution in [3.63, 3.8) is 0 Å². The third kappa shape index (κ3) is 0.963. The molecule has 5 heterocycles. The molecule has 0 amide bonds. The number of carbonyl (C=O) groups excluding carboxylic acids is 1. The van der Waals surface area contributed by atoms with E-state index < -0.39 is 25.2 Å². The first-order valence-corrected chi connectivity index (χ1v) is 6.47. The highest BCUT2D eigenvalue weighted by atomic mass is 17.3. The Morgan fingerprint density at radius 2 is 1.11 bits per heavy atom. The molecule has 0 unspecified atom stereocenters. The maximum atomic E-state index is 12.6. The van der Waals surface area contributed by atoms with E-state index >= 15 is 0 Å². The molecule has 0 aromatic rings. The van der Waals surface area contributed by atoms with Crippen LogP contribution in [-0.2, 0) is 38.6 Å². The topological polar surface area (TPSA) is 81.7 Å². The summed E-state index contributed by atoms with van der Waals surface area (Å²) in [5, 5.41) is 0. The Bertz CT molecular complexity index is 441. The molecule has 1 aliphatic carbocycles. The maximum Gasteiger partial charge on any atom is 0.220 e. The summed E-state index contributed by atoms with van der Waals surface area (Å²) in [7, 11) is 0. The zero-order chi connectivity index (χ0) is 12.3. The van der Waals surface area contributed by atoms with Gasteiger partial charge in [-0.2, -0.15) is 9.78 Å². The van der Waals surface area contributed by atoms with Crippen LogP contribution in [0.1, 0.15) is 0 Å². The molecule has 19 heavy (non-hydrogen) atoms. The molecule has 0 aromatic carbocycles. The fourth-order valence-corrected chi connectivity index (χ4v) is 4.54. The Morgan fingerprint density at radius 1 is 0.632 bits per heavy atom. The van der Waals surface area contributed by atoms with Gasteiger partial charge in [-0.1, -0.05) is 0 Å². The monoisotopic (exact) mass is 270 g/mol. The summed E-state index contributed by atoms with van der Waals surface area (Å²) in [5.41, 5.74) is 0. The summed E-state index contributed by atoms with van der Waals surface area (Å²) in [6.45, 7) is 0. The normalized spacial score (nSPS) is 67.7. The molecular formula is C11H10O8. The summed E-state index contributed by atoms with van der Waals surface area (Å²) in [6.07, 6.45) is -3.01. The number of ketones is 1. The van der Waals surface area contributed by atoms with Gasteiger partial charge in [0.05, 0.1) is 11.8 Å². The van der Waals surface area contributed by atoms with Gasteiger partial charge in [0.1, 0.15) is 18.0 Å². The minimum atomic E-state index is -0.633. The van der Waals surface area contributed by atoms with Crippen molar-refractivity contribution in [2.24, 2.45) is 23.7 Å². The Hall–Kier alpha value is -0.610. The molecule has 0 radical (unpaired) electrons. The Kier molecular flexibility index (Phi) is 1.61. The molecule has 6 aliphatic rings. The molecule has 10 atom stereocenters. The van der Waals surface area contributed by atoms with E-state index in [4.69, 9.17) is 33.8 Å². The Labute approximate surface area is 106 Å². The minimum Gasteiger partial charge on any atom is -0.364 e. The predicted octanol–water partition coefficient (Wildman–Crippen LogP) is -0.910. The number of carbonyl (C=O) groups is 1. The highest BCUT2D eigenvalue weighted by Crippen LogP contribution is 2.61. The van der Waals surface area contributed by atoms with Gasteiger partial charge >= 0.3 is 0 Å². The van der Waals surface area contributed by atoms with Gasteiger partial charge in [-0.3, -0.25) is 4.79 Å². The molecule has 6 rings (SSSR count). The Morgan fingerprint density at radius 3 is 1.63 bits per heavy atom. The highest BCUT2D eigenvalue weighted by Gasteiger charge is 2.75. The van der Waals surface area contributed by atoms with Crippen molar-refractivity contribution >= 4 is 5.78 Å². The zero-order valence-electron chi connectivity index (χ0n) is 9.54. The van der Waals surface area contributed by atoms with Crippen LogP contribution < -0.4 is 0 Å². The number of hydrogen-bond acceptors (Lipinski definition) is 8. The van der Waals surface area contributed by atoms with Gasteiger partial charge in [0.15, 0.2) is 0 Å². The van der Waals surface area contributed by atoms with Crippen LogP contribution in [0.3, 0.4) is 0 Å². The van der Waals surface area contributed by atoms with E-state index in [1.54, 1.807) is 0 Å². The lowest BCUT2D eigenvalue weighted by atomic mass is 9.80. The third-order valence-electron chi connectivity index (χ3n) is 5.15. The van der Waals surface area contributed by atoms with Crippen LogP contribution in [0.5, 0.6) is 0 Å². The van der Waals surface area contributed by atoms with Crippen LogP contribution in [0.2, 0.25) is 0 Å². The third-order valence-corrected chi connectivity index (χ3v) is 5.15. The van der Waals surface area contributed by atoms with Gasteiger partial charge in [-0.05, 0) is 0 Å². The van der Waals surface area contributed by atoms with Crippen molar-refractivity contribution in [1.29, 1.82) is 0 Å². The smallest absolute Gasteiger partial charge is 0.220 e. The lowest BCUT2D eigenvalue weighted by Gasteiger charge is -2.31. The first-order chi connectivity index (χ1) is 9.33. The van der Waals surface area contributed by atoms with Crippen molar-refractivity contribution in [2.75, 3.05) is 0 Å². The minimum absolute atomic E-state index is 0.0351. The molecule has 102 valence electrons. The Balaban J connectivity index is 1.54. The summed E-state index contributed by atoms with van der Waals surface area (Å²) in [5.74, 6) is -0.623. The van der Waals surface area contributed by atoms with Crippen molar-refractivity contribution < 1.29 is 38.6 Å². The van der Waals surface area contributed by atoms with E-state index in [0.29, 0.717) is 0 Å². The average molecular weight is 270 g/mol. The zero-order valence-corrected chi connectivity index (χ0v) is 9.54. The van der Waals surface area contributed by atoms with Gasteiger partial charge in [-0.25, -0.2) is 9.78 Å². The second-order valence-corrected chi connectivity index (χ2v) is 5.80. The molecule has 8 heteroatoms. The van der Waals surface area contributed by atoms with Gasteiger partial charge in [0.2, 0.25) is 25.2 Å². The van der Waals surface area contributed by atoms with Crippen LogP contribution in [-0.4, -0.2) is 43.2 Å². The van der Waals surface area contributed by atoms with Crippen molar-refractivity contribution in [1.82, 2.24) is 0 Å². The molecular weight excluding hydrogens is 260 g/mol. The SMILES string of the molecule is O=C1[C@@H]2[C@H]3OO[C@H](O3)[C@@H]3O[C@@H]4[C@H]5OO[C@H](O5)[C@H]1[C@@H]4[C@@H]32. The molecule has 0 aromatic heterocycles. The molecule has 4 bridgehead atoms. The fraction of sp³-hybridized carbons (Fsp3) is 0.909. The van der Waals surface area contributed by atoms with Crippen molar-refractivity contribution in [3.05, 3.63) is 0 Å². The second kappa shape index (κ2) is 3.01. The van der Waals surface area contributed by atoms with Crippen molar-refractivity contribution in [2.45, 2.75) is 37.4 Å². The maximum absolute atomic E-state index is 12.6. The van der Waals surface area contributed by atoms with Gasteiger partial charge in [0, 0.05) is 11.8 Å². The first kappa shape index (κ1) is 10.2. The van der Waals surface area contributed by atoms with E-state index in [1.165, 1.54) is 0 Å². The number of fused-ring (bicyclic) bond motifs is 8. The van der Waals surface area contributed by atoms with Gasteiger partial charge < -0.3 is 14.2 Å². The molecule has 0 N–H and O–H groups in total. The number of ether oxygens (including phenoxy) is 3. The second-order valence-electron chi connectivity index (χ2n) is 5.80. The number of hydrogen-bond donors (Lipinski definition) is 0. The summed E-state index contributed by atoms with van der Waals surface area (Å²) in [6, 6.07) is 0. The number of Topliss-reactive ketones (excluding diaryl/α,β-unsaturated/α-hetero) is 1. The molecule has 5 saturated heterocycles. The quantitative estimate of drug-likeness (QED) is 0.523.